The van der Waals surface area contributed by atoms with Crippen molar-refractivity contribution in [3.05, 3.63) is 77.2 Å². The van der Waals surface area contributed by atoms with Gasteiger partial charge in [0.25, 0.3) is 0 Å². The van der Waals surface area contributed by atoms with E-state index in [0.717, 1.165) is 31.7 Å². The van der Waals surface area contributed by atoms with Crippen molar-refractivity contribution in [3.8, 4) is 0 Å². The molecule has 1 aliphatic heterocycles. The first-order chi connectivity index (χ1) is 13.0. The molecule has 143 valence electrons. The summed E-state index contributed by atoms with van der Waals surface area (Å²) in [5.74, 6) is 0.393. The summed E-state index contributed by atoms with van der Waals surface area (Å²) in [6.07, 6.45) is 2.35. The van der Waals surface area contributed by atoms with Gasteiger partial charge in [0.15, 0.2) is 5.78 Å². The zero-order valence-corrected chi connectivity index (χ0v) is 17.0. The summed E-state index contributed by atoms with van der Waals surface area (Å²) in [4.78, 5) is 18.0. The monoisotopic (exact) mass is 363 g/mol. The third kappa shape index (κ3) is 4.66. The summed E-state index contributed by atoms with van der Waals surface area (Å²) in [6.45, 7) is 8.08. The molecule has 1 aliphatic rings. The lowest BCUT2D eigenvalue weighted by atomic mass is 9.75. The fourth-order valence-electron chi connectivity index (χ4n) is 3.96. The molecule has 0 bridgehead atoms. The Balaban J connectivity index is 1.89. The number of Topliss-reactive ketones (excluding diaryl/α,β-unsaturated/α-hetero) is 1. The molecule has 1 saturated heterocycles. The number of nitrogens with zero attached hydrogens (tertiary/aromatic N) is 2. The standard InChI is InChI=1S/C24H31N2O/c1-18-9-8-12-21(19(18)2)22-13-14-26(16-15-25(3)4)17-23(22)24(27)20-10-6-5-7-11-20/h5-13,22-23H,14-17H2,1-4H3/t22-,23-/m1/s1. The zero-order valence-electron chi connectivity index (χ0n) is 17.0. The van der Waals surface area contributed by atoms with Crippen LogP contribution in [0.5, 0.6) is 0 Å². The Morgan fingerprint density at radius 1 is 1.07 bits per heavy atom. The summed E-state index contributed by atoms with van der Waals surface area (Å²) in [6, 6.07) is 16.2. The minimum Gasteiger partial charge on any atom is -0.308 e. The van der Waals surface area contributed by atoms with Gasteiger partial charge in [0, 0.05) is 37.7 Å². The first-order valence-corrected chi connectivity index (χ1v) is 9.83. The Kier molecular flexibility index (Phi) is 6.46. The maximum Gasteiger partial charge on any atom is 0.167 e. The van der Waals surface area contributed by atoms with Crippen LogP contribution in [-0.4, -0.2) is 55.9 Å². The van der Waals surface area contributed by atoms with Crippen LogP contribution in [0.4, 0.5) is 0 Å². The molecular weight excluding hydrogens is 332 g/mol. The van der Waals surface area contributed by atoms with Crippen LogP contribution in [0.1, 0.15) is 33.0 Å². The van der Waals surface area contributed by atoms with Crippen molar-refractivity contribution < 1.29 is 4.79 Å². The van der Waals surface area contributed by atoms with E-state index in [1.807, 2.05) is 30.3 Å². The van der Waals surface area contributed by atoms with Gasteiger partial charge < -0.3 is 9.80 Å². The lowest BCUT2D eigenvalue weighted by molar-refractivity contribution is 0.0822. The van der Waals surface area contributed by atoms with Gasteiger partial charge in [0.1, 0.15) is 0 Å². The van der Waals surface area contributed by atoms with Crippen LogP contribution < -0.4 is 0 Å². The highest BCUT2D eigenvalue weighted by atomic mass is 16.1. The van der Waals surface area contributed by atoms with Gasteiger partial charge in [-0.05, 0) is 57.0 Å². The molecule has 1 radical (unpaired) electrons. The van der Waals surface area contributed by atoms with E-state index in [1.165, 1.54) is 16.7 Å². The average molecular weight is 364 g/mol. The number of benzene rings is 2. The van der Waals surface area contributed by atoms with Gasteiger partial charge >= 0.3 is 0 Å². The van der Waals surface area contributed by atoms with Crippen LogP contribution in [0.15, 0.2) is 48.5 Å². The van der Waals surface area contributed by atoms with Gasteiger partial charge in [0.05, 0.1) is 0 Å². The molecule has 0 spiro atoms. The Hall–Kier alpha value is -1.97. The van der Waals surface area contributed by atoms with E-state index in [9.17, 15) is 4.79 Å². The molecule has 2 atom stereocenters. The zero-order chi connectivity index (χ0) is 19.4. The van der Waals surface area contributed by atoms with E-state index < -0.39 is 0 Å². The normalized spacial score (nSPS) is 20.8. The second kappa shape index (κ2) is 8.81. The highest BCUT2D eigenvalue weighted by Gasteiger charge is 2.36. The quantitative estimate of drug-likeness (QED) is 0.726. The van der Waals surface area contributed by atoms with Crippen molar-refractivity contribution in [3.63, 3.8) is 0 Å². The molecule has 3 heteroatoms. The lowest BCUT2D eigenvalue weighted by Gasteiger charge is -2.39. The smallest absolute Gasteiger partial charge is 0.167 e. The number of likely N-dealkylation sites (N-methyl/N-ethyl adjacent to an activating group) is 1. The highest BCUT2D eigenvalue weighted by Crippen LogP contribution is 2.36. The number of likely N-dealkylation sites (tertiary alicyclic amines) is 1. The number of hydrogen-bond acceptors (Lipinski definition) is 3. The number of rotatable bonds is 6. The first kappa shape index (κ1) is 19.8. The van der Waals surface area contributed by atoms with Gasteiger partial charge in [0.2, 0.25) is 0 Å². The van der Waals surface area contributed by atoms with Gasteiger partial charge in [-0.15, -0.1) is 0 Å². The molecule has 0 saturated carbocycles. The maximum atomic E-state index is 13.4. The van der Waals surface area contributed by atoms with Gasteiger partial charge in [-0.1, -0.05) is 48.5 Å². The van der Waals surface area contributed by atoms with Crippen LogP contribution in [0.2, 0.25) is 0 Å². The first-order valence-electron chi connectivity index (χ1n) is 9.83. The van der Waals surface area contributed by atoms with Crippen LogP contribution in [0.3, 0.4) is 0 Å². The third-order valence-corrected chi connectivity index (χ3v) is 5.77. The molecule has 27 heavy (non-hydrogen) atoms. The van der Waals surface area contributed by atoms with Crippen LogP contribution in [0.25, 0.3) is 0 Å². The Bertz CT molecular complexity index is 769. The van der Waals surface area contributed by atoms with Crippen LogP contribution in [0, 0.1) is 26.2 Å². The lowest BCUT2D eigenvalue weighted by Crippen LogP contribution is -2.45. The SMILES string of the molecule is Cc1cccc([C@H]2[CH]CN(CCN(C)C)C[C@H]2C(=O)c2ccccc2)c1C. The summed E-state index contributed by atoms with van der Waals surface area (Å²) >= 11 is 0. The number of carbonyl (C=O) groups excluding carboxylic acids is 1. The number of ketones is 1. The fourth-order valence-corrected chi connectivity index (χ4v) is 3.96. The minimum absolute atomic E-state index is 0.0381. The summed E-state index contributed by atoms with van der Waals surface area (Å²) in [5, 5.41) is 0. The van der Waals surface area contributed by atoms with Crippen molar-refractivity contribution in [2.45, 2.75) is 19.8 Å². The number of hydrogen-bond donors (Lipinski definition) is 0. The summed E-state index contributed by atoms with van der Waals surface area (Å²) in [5.41, 5.74) is 4.73. The minimum atomic E-state index is -0.0381. The Labute approximate surface area is 164 Å². The van der Waals surface area contributed by atoms with Crippen molar-refractivity contribution in [2.24, 2.45) is 5.92 Å². The van der Waals surface area contributed by atoms with Crippen molar-refractivity contribution in [1.29, 1.82) is 0 Å². The molecule has 0 aromatic heterocycles. The van der Waals surface area contributed by atoms with E-state index in [2.05, 4.69) is 62.4 Å². The Morgan fingerprint density at radius 2 is 1.81 bits per heavy atom. The second-order valence-corrected chi connectivity index (χ2v) is 7.95. The summed E-state index contributed by atoms with van der Waals surface area (Å²) in [7, 11) is 4.19. The topological polar surface area (TPSA) is 23.6 Å². The van der Waals surface area contributed by atoms with Crippen molar-refractivity contribution in [1.82, 2.24) is 9.80 Å². The van der Waals surface area contributed by atoms with Crippen molar-refractivity contribution in [2.75, 3.05) is 40.3 Å². The number of aryl methyl sites for hydroxylation is 1. The largest absolute Gasteiger partial charge is 0.308 e. The fraction of sp³-hybridized carbons (Fsp3) is 0.417. The number of piperidine rings is 1. The predicted molar refractivity (Wildman–Crippen MR) is 112 cm³/mol. The molecule has 2 aromatic carbocycles. The van der Waals surface area contributed by atoms with E-state index in [4.69, 9.17) is 0 Å². The summed E-state index contributed by atoms with van der Waals surface area (Å²) < 4.78 is 0. The molecule has 1 fully saturated rings. The maximum absolute atomic E-state index is 13.4. The molecule has 0 amide bonds. The molecule has 3 nitrogen and oxygen atoms in total. The van der Waals surface area contributed by atoms with Gasteiger partial charge in [-0.3, -0.25) is 4.79 Å². The molecule has 2 aromatic rings. The Morgan fingerprint density at radius 3 is 2.52 bits per heavy atom. The third-order valence-electron chi connectivity index (χ3n) is 5.77. The van der Waals surface area contributed by atoms with E-state index in [1.54, 1.807) is 0 Å². The highest BCUT2D eigenvalue weighted by molar-refractivity contribution is 5.98. The van der Waals surface area contributed by atoms with Gasteiger partial charge in [-0.2, -0.15) is 0 Å². The predicted octanol–water partition coefficient (Wildman–Crippen LogP) is 3.97. The van der Waals surface area contributed by atoms with Crippen LogP contribution in [-0.2, 0) is 0 Å². The van der Waals surface area contributed by atoms with Gasteiger partial charge in [-0.25, -0.2) is 0 Å². The molecular formula is C24H31N2O. The number of carbonyl (C=O) groups is 1. The van der Waals surface area contributed by atoms with E-state index >= 15 is 0 Å². The molecule has 3 rings (SSSR count). The van der Waals surface area contributed by atoms with Crippen molar-refractivity contribution >= 4 is 5.78 Å². The molecule has 1 heterocycles. The van der Waals surface area contributed by atoms with E-state index in [-0.39, 0.29) is 17.6 Å². The molecule has 0 aliphatic carbocycles. The average Bonchev–Trinajstić information content (AvgIpc) is 2.68. The molecule has 0 N–H and O–H groups in total. The second-order valence-electron chi connectivity index (χ2n) is 7.95. The molecule has 0 unspecified atom stereocenters. The van der Waals surface area contributed by atoms with E-state index in [0.29, 0.717) is 0 Å². The van der Waals surface area contributed by atoms with Crippen LogP contribution >= 0.6 is 0 Å².